The molecule has 0 unspecified atom stereocenters. The first-order chi connectivity index (χ1) is 8.89. The topological polar surface area (TPSA) is 53.8 Å². The lowest BCUT2D eigenvalue weighted by atomic mass is 10.3. The highest BCUT2D eigenvalue weighted by molar-refractivity contribution is 9.10. The highest BCUT2D eigenvalue weighted by atomic mass is 79.9. The van der Waals surface area contributed by atoms with Gasteiger partial charge in [-0.2, -0.15) is 8.78 Å². The Bertz CT molecular complexity index is 465. The average Bonchev–Trinajstić information content (AvgIpc) is 2.90. The van der Waals surface area contributed by atoms with Crippen LogP contribution in [-0.4, -0.2) is 52.6 Å². The summed E-state index contributed by atoms with van der Waals surface area (Å²) < 4.78 is 30.6. The Hall–Kier alpha value is -1.44. The fraction of sp³-hybridized carbons (Fsp3) is 0.455. The van der Waals surface area contributed by atoms with Crippen LogP contribution in [0.2, 0.25) is 0 Å². The largest absolute Gasteiger partial charge is 0.459 e. The maximum Gasteiger partial charge on any atom is 0.377 e. The molecule has 104 valence electrons. The summed E-state index contributed by atoms with van der Waals surface area (Å²) in [5.41, 5.74) is 0. The molecule has 1 aliphatic rings. The predicted octanol–water partition coefficient (Wildman–Crippen LogP) is 1.55. The van der Waals surface area contributed by atoms with Crippen molar-refractivity contribution in [1.82, 2.24) is 9.80 Å². The van der Waals surface area contributed by atoms with E-state index in [4.69, 9.17) is 4.42 Å². The molecule has 19 heavy (non-hydrogen) atoms. The van der Waals surface area contributed by atoms with Gasteiger partial charge < -0.3 is 14.2 Å². The molecule has 8 heteroatoms. The number of alkyl halides is 3. The van der Waals surface area contributed by atoms with Gasteiger partial charge in [-0.15, -0.1) is 0 Å². The van der Waals surface area contributed by atoms with Crippen molar-refractivity contribution in [3.8, 4) is 0 Å². The van der Waals surface area contributed by atoms with Crippen molar-refractivity contribution in [3.05, 3.63) is 24.2 Å². The highest BCUT2D eigenvalue weighted by Crippen LogP contribution is 2.25. The standard InChI is InChI=1S/C11H11BrF2N2O3/c12-11(13,14)10(18)16-5-3-15(4-6-16)9(17)8-2-1-7-19-8/h1-2,7H,3-6H2. The number of rotatable bonds is 2. The van der Waals surface area contributed by atoms with Gasteiger partial charge in [-0.3, -0.25) is 9.59 Å². The Kier molecular flexibility index (Phi) is 3.88. The Morgan fingerprint density at radius 3 is 2.26 bits per heavy atom. The number of nitrogens with zero attached hydrogens (tertiary/aromatic N) is 2. The number of hydrogen-bond acceptors (Lipinski definition) is 3. The maximum atomic E-state index is 12.8. The minimum absolute atomic E-state index is 0.0759. The van der Waals surface area contributed by atoms with Crippen LogP contribution in [0.4, 0.5) is 8.78 Å². The summed E-state index contributed by atoms with van der Waals surface area (Å²) in [4.78, 5) is 22.2. The van der Waals surface area contributed by atoms with Gasteiger partial charge in [0.05, 0.1) is 6.26 Å². The van der Waals surface area contributed by atoms with Gasteiger partial charge in [-0.1, -0.05) is 0 Å². The number of amides is 2. The number of carbonyl (C=O) groups excluding carboxylic acids is 2. The van der Waals surface area contributed by atoms with Crippen LogP contribution in [0.1, 0.15) is 10.6 Å². The zero-order valence-corrected chi connectivity index (χ0v) is 11.4. The molecule has 0 radical (unpaired) electrons. The summed E-state index contributed by atoms with van der Waals surface area (Å²) in [6.45, 7) is 0.557. The lowest BCUT2D eigenvalue weighted by Crippen LogP contribution is -2.53. The van der Waals surface area contributed by atoms with E-state index in [0.29, 0.717) is 0 Å². The molecule has 1 aromatic heterocycles. The van der Waals surface area contributed by atoms with Crippen molar-refractivity contribution < 1.29 is 22.8 Å². The van der Waals surface area contributed by atoms with E-state index in [0.717, 1.165) is 4.90 Å². The fourth-order valence-corrected chi connectivity index (χ4v) is 2.10. The van der Waals surface area contributed by atoms with Crippen LogP contribution in [0.3, 0.4) is 0 Å². The van der Waals surface area contributed by atoms with E-state index in [9.17, 15) is 18.4 Å². The monoisotopic (exact) mass is 336 g/mol. The molecule has 1 aromatic rings. The first kappa shape index (κ1) is 14.0. The average molecular weight is 337 g/mol. The van der Waals surface area contributed by atoms with Crippen LogP contribution in [0.15, 0.2) is 22.8 Å². The zero-order valence-electron chi connectivity index (χ0n) is 9.81. The number of furan rings is 1. The maximum absolute atomic E-state index is 12.8. The van der Waals surface area contributed by atoms with E-state index >= 15 is 0 Å². The molecule has 0 aliphatic carbocycles. The van der Waals surface area contributed by atoms with Gasteiger partial charge in [0.15, 0.2) is 5.76 Å². The second kappa shape index (κ2) is 5.28. The smallest absolute Gasteiger partial charge is 0.377 e. The molecule has 0 spiro atoms. The van der Waals surface area contributed by atoms with Crippen molar-refractivity contribution in [2.24, 2.45) is 0 Å². The molecule has 1 saturated heterocycles. The van der Waals surface area contributed by atoms with Crippen molar-refractivity contribution in [1.29, 1.82) is 0 Å². The molecule has 1 fully saturated rings. The van der Waals surface area contributed by atoms with Crippen LogP contribution in [0.5, 0.6) is 0 Å². The third kappa shape index (κ3) is 3.12. The Morgan fingerprint density at radius 1 is 1.21 bits per heavy atom. The second-order valence-corrected chi connectivity index (χ2v) is 5.06. The second-order valence-electron chi connectivity index (χ2n) is 4.06. The molecule has 1 aliphatic heterocycles. The normalized spacial score (nSPS) is 16.6. The van der Waals surface area contributed by atoms with Gasteiger partial charge in [0, 0.05) is 42.1 Å². The van der Waals surface area contributed by atoms with E-state index in [2.05, 4.69) is 0 Å². The van der Waals surface area contributed by atoms with Crippen molar-refractivity contribution in [3.63, 3.8) is 0 Å². The first-order valence-corrected chi connectivity index (χ1v) is 6.38. The summed E-state index contributed by atoms with van der Waals surface area (Å²) in [6.07, 6.45) is 1.39. The molecule has 0 N–H and O–H groups in total. The number of hydrogen-bond donors (Lipinski definition) is 0. The fourth-order valence-electron chi connectivity index (χ4n) is 1.85. The Labute approximate surface area is 116 Å². The molecule has 2 heterocycles. The van der Waals surface area contributed by atoms with Gasteiger partial charge in [-0.25, -0.2) is 0 Å². The molecule has 0 aromatic carbocycles. The Morgan fingerprint density at radius 2 is 1.79 bits per heavy atom. The summed E-state index contributed by atoms with van der Waals surface area (Å²) in [5.74, 6) is -1.38. The third-order valence-electron chi connectivity index (χ3n) is 2.83. The van der Waals surface area contributed by atoms with Crippen molar-refractivity contribution >= 4 is 27.7 Å². The third-order valence-corrected chi connectivity index (χ3v) is 3.17. The van der Waals surface area contributed by atoms with Crippen molar-refractivity contribution in [2.75, 3.05) is 26.2 Å². The molecular weight excluding hydrogens is 326 g/mol. The molecule has 0 bridgehead atoms. The van der Waals surface area contributed by atoms with Gasteiger partial charge in [-0.05, 0) is 12.1 Å². The van der Waals surface area contributed by atoms with Crippen LogP contribution in [0.25, 0.3) is 0 Å². The molecular formula is C11H11BrF2N2O3. The van der Waals surface area contributed by atoms with E-state index < -0.39 is 10.7 Å². The van der Waals surface area contributed by atoms with Crippen LogP contribution >= 0.6 is 15.9 Å². The summed E-state index contributed by atoms with van der Waals surface area (Å²) in [6, 6.07) is 3.13. The highest BCUT2D eigenvalue weighted by Gasteiger charge is 2.40. The van der Waals surface area contributed by atoms with Gasteiger partial charge in [0.2, 0.25) is 0 Å². The minimum Gasteiger partial charge on any atom is -0.459 e. The first-order valence-electron chi connectivity index (χ1n) is 5.58. The zero-order chi connectivity index (χ0) is 14.0. The van der Waals surface area contributed by atoms with Gasteiger partial charge >= 0.3 is 10.7 Å². The summed E-state index contributed by atoms with van der Waals surface area (Å²) in [7, 11) is 0. The van der Waals surface area contributed by atoms with Crippen molar-refractivity contribution in [2.45, 2.75) is 4.83 Å². The molecule has 0 saturated carbocycles. The molecule has 2 amide bonds. The minimum atomic E-state index is -3.56. The lowest BCUT2D eigenvalue weighted by molar-refractivity contribution is -0.147. The molecule has 2 rings (SSSR count). The summed E-state index contributed by atoms with van der Waals surface area (Å²) in [5, 5.41) is 0. The summed E-state index contributed by atoms with van der Waals surface area (Å²) >= 11 is 2.03. The SMILES string of the molecule is O=C(c1ccco1)N1CCN(C(=O)C(F)(F)Br)CC1. The number of carbonyl (C=O) groups is 2. The van der Waals surface area contributed by atoms with E-state index in [1.807, 2.05) is 15.9 Å². The lowest BCUT2D eigenvalue weighted by Gasteiger charge is -2.34. The number of piperazine rings is 1. The Balaban J connectivity index is 1.93. The van der Waals surface area contributed by atoms with Crippen LogP contribution in [-0.2, 0) is 4.79 Å². The quantitative estimate of drug-likeness (QED) is 0.770. The van der Waals surface area contributed by atoms with E-state index in [1.165, 1.54) is 17.2 Å². The van der Waals surface area contributed by atoms with E-state index in [1.54, 1.807) is 6.07 Å². The van der Waals surface area contributed by atoms with Crippen LogP contribution in [0, 0.1) is 0 Å². The van der Waals surface area contributed by atoms with Gasteiger partial charge in [0.1, 0.15) is 0 Å². The molecule has 5 nitrogen and oxygen atoms in total. The predicted molar refractivity (Wildman–Crippen MR) is 65.1 cm³/mol. The van der Waals surface area contributed by atoms with Crippen LogP contribution < -0.4 is 0 Å². The van der Waals surface area contributed by atoms with E-state index in [-0.39, 0.29) is 37.8 Å². The van der Waals surface area contributed by atoms with Gasteiger partial charge in [0.25, 0.3) is 5.91 Å². The number of halogens is 3. The molecule has 0 atom stereocenters.